The first kappa shape index (κ1) is 9.80. The van der Waals surface area contributed by atoms with E-state index in [-0.39, 0.29) is 23.4 Å². The van der Waals surface area contributed by atoms with E-state index in [0.717, 1.165) is 6.07 Å². The number of rotatable bonds is 3. The monoisotopic (exact) mass is 191 g/mol. The minimum Gasteiger partial charge on any atom is -0.258 e. The lowest BCUT2D eigenvalue weighted by molar-refractivity contribution is -0.385. The number of nitro groups is 1. The molecule has 0 heterocycles. The van der Waals surface area contributed by atoms with Crippen LogP contribution in [0.2, 0.25) is 0 Å². The van der Waals surface area contributed by atoms with Gasteiger partial charge >= 0.3 is 0 Å². The number of hydrogen-bond acceptors (Lipinski definition) is 5. The Kier molecular flexibility index (Phi) is 2.86. The van der Waals surface area contributed by atoms with E-state index in [1.54, 1.807) is 6.07 Å². The molecule has 0 saturated heterocycles. The predicted molar refractivity (Wildman–Crippen MR) is 47.3 cm³/mol. The van der Waals surface area contributed by atoms with Crippen LogP contribution in [0.15, 0.2) is 23.4 Å². The Labute approximate surface area is 78.9 Å². The molecule has 6 nitrogen and oxygen atoms in total. The van der Waals surface area contributed by atoms with Gasteiger partial charge in [0.1, 0.15) is 6.54 Å². The van der Waals surface area contributed by atoms with Crippen molar-refractivity contribution in [2.45, 2.75) is 6.54 Å². The van der Waals surface area contributed by atoms with Crippen LogP contribution in [-0.2, 0) is 6.54 Å². The van der Waals surface area contributed by atoms with Gasteiger partial charge in [-0.15, -0.1) is 0 Å². The highest BCUT2D eigenvalue weighted by Crippen LogP contribution is 2.20. The summed E-state index contributed by atoms with van der Waals surface area (Å²) in [4.78, 5) is 19.8. The van der Waals surface area contributed by atoms with Crippen molar-refractivity contribution in [3.63, 3.8) is 0 Å². The highest BCUT2D eigenvalue weighted by atomic mass is 16.6. The Morgan fingerprint density at radius 3 is 2.79 bits per heavy atom. The third-order valence-electron chi connectivity index (χ3n) is 1.65. The summed E-state index contributed by atoms with van der Waals surface area (Å²) in [6.07, 6.45) is 0. The van der Waals surface area contributed by atoms with Gasteiger partial charge in [-0.3, -0.25) is 10.1 Å². The molecule has 0 atom stereocenters. The minimum absolute atomic E-state index is 0.186. The van der Waals surface area contributed by atoms with Gasteiger partial charge in [-0.25, -0.2) is 0 Å². The number of nitriles is 1. The summed E-state index contributed by atoms with van der Waals surface area (Å²) in [5.74, 6) is 0. The second kappa shape index (κ2) is 4.09. The molecule has 0 saturated carbocycles. The van der Waals surface area contributed by atoms with Crippen molar-refractivity contribution in [3.8, 4) is 6.07 Å². The summed E-state index contributed by atoms with van der Waals surface area (Å²) in [5, 5.41) is 21.6. The highest BCUT2D eigenvalue weighted by molar-refractivity contribution is 5.47. The lowest BCUT2D eigenvalue weighted by Crippen LogP contribution is -1.95. The zero-order chi connectivity index (χ0) is 10.6. The van der Waals surface area contributed by atoms with Crippen LogP contribution in [-0.4, -0.2) is 4.92 Å². The van der Waals surface area contributed by atoms with Crippen LogP contribution in [0.25, 0.3) is 0 Å². The van der Waals surface area contributed by atoms with Gasteiger partial charge in [0.05, 0.1) is 22.1 Å². The summed E-state index contributed by atoms with van der Waals surface area (Å²) in [7, 11) is 0. The van der Waals surface area contributed by atoms with E-state index >= 15 is 0 Å². The Hall–Kier alpha value is -2.29. The van der Waals surface area contributed by atoms with Gasteiger partial charge in [0.15, 0.2) is 0 Å². The van der Waals surface area contributed by atoms with Crippen LogP contribution in [0.1, 0.15) is 11.1 Å². The summed E-state index contributed by atoms with van der Waals surface area (Å²) in [6.45, 7) is -0.262. The molecule has 0 unspecified atom stereocenters. The Balaban J connectivity index is 3.25. The van der Waals surface area contributed by atoms with E-state index in [1.165, 1.54) is 12.1 Å². The molecule has 14 heavy (non-hydrogen) atoms. The van der Waals surface area contributed by atoms with Crippen LogP contribution in [0.5, 0.6) is 0 Å². The number of nitro benzene ring substituents is 1. The summed E-state index contributed by atoms with van der Waals surface area (Å²) in [5.41, 5.74) is 0.152. The molecule has 0 radical (unpaired) electrons. The molecule has 0 aliphatic carbocycles. The van der Waals surface area contributed by atoms with E-state index in [2.05, 4.69) is 5.18 Å². The lowest BCUT2D eigenvalue weighted by atomic mass is 10.1. The van der Waals surface area contributed by atoms with E-state index in [1.807, 2.05) is 0 Å². The van der Waals surface area contributed by atoms with Gasteiger partial charge in [-0.2, -0.15) is 10.2 Å². The van der Waals surface area contributed by atoms with Crippen molar-refractivity contribution < 1.29 is 4.92 Å². The van der Waals surface area contributed by atoms with E-state index in [0.29, 0.717) is 0 Å². The maximum atomic E-state index is 10.5. The number of nitroso groups, excluding NO2 is 1. The Morgan fingerprint density at radius 2 is 2.29 bits per heavy atom. The number of hydrogen-bond donors (Lipinski definition) is 0. The third-order valence-corrected chi connectivity index (χ3v) is 1.65. The highest BCUT2D eigenvalue weighted by Gasteiger charge is 2.14. The third kappa shape index (κ3) is 1.90. The van der Waals surface area contributed by atoms with Gasteiger partial charge in [0.25, 0.3) is 5.69 Å². The molecule has 0 spiro atoms. The average Bonchev–Trinajstić information content (AvgIpc) is 2.18. The molecule has 0 N–H and O–H groups in total. The van der Waals surface area contributed by atoms with Crippen molar-refractivity contribution >= 4 is 5.69 Å². The number of nitrogens with zero attached hydrogens (tertiary/aromatic N) is 3. The van der Waals surface area contributed by atoms with Crippen molar-refractivity contribution in [1.82, 2.24) is 0 Å². The first-order valence-corrected chi connectivity index (χ1v) is 3.65. The maximum absolute atomic E-state index is 10.5. The minimum atomic E-state index is -0.638. The van der Waals surface area contributed by atoms with Crippen LogP contribution < -0.4 is 0 Å². The second-order valence-corrected chi connectivity index (χ2v) is 2.50. The maximum Gasteiger partial charge on any atom is 0.275 e. The van der Waals surface area contributed by atoms with Crippen LogP contribution >= 0.6 is 0 Å². The lowest BCUT2D eigenvalue weighted by Gasteiger charge is -1.97. The fourth-order valence-electron chi connectivity index (χ4n) is 1.01. The molecule has 0 amide bonds. The molecular weight excluding hydrogens is 186 g/mol. The fourth-order valence-corrected chi connectivity index (χ4v) is 1.01. The van der Waals surface area contributed by atoms with Gasteiger partial charge < -0.3 is 0 Å². The molecular formula is C8H5N3O3. The van der Waals surface area contributed by atoms with Crippen LogP contribution in [0.4, 0.5) is 5.69 Å². The zero-order valence-electron chi connectivity index (χ0n) is 7.01. The molecule has 1 aromatic rings. The fraction of sp³-hybridized carbons (Fsp3) is 0.125. The van der Waals surface area contributed by atoms with Crippen LogP contribution in [0, 0.1) is 26.4 Å². The van der Waals surface area contributed by atoms with E-state index in [4.69, 9.17) is 5.26 Å². The summed E-state index contributed by atoms with van der Waals surface area (Å²) < 4.78 is 0. The molecule has 0 aromatic heterocycles. The van der Waals surface area contributed by atoms with E-state index in [9.17, 15) is 15.0 Å². The van der Waals surface area contributed by atoms with Crippen LogP contribution in [0.3, 0.4) is 0 Å². The topological polar surface area (TPSA) is 96.4 Å². The van der Waals surface area contributed by atoms with Crippen molar-refractivity contribution in [3.05, 3.63) is 44.3 Å². The molecule has 6 heteroatoms. The Morgan fingerprint density at radius 1 is 1.57 bits per heavy atom. The van der Waals surface area contributed by atoms with Gasteiger partial charge in [0, 0.05) is 6.07 Å². The molecule has 70 valence electrons. The summed E-state index contributed by atoms with van der Waals surface area (Å²) >= 11 is 0. The summed E-state index contributed by atoms with van der Waals surface area (Å²) in [6, 6.07) is 5.67. The first-order chi connectivity index (χ1) is 6.69. The van der Waals surface area contributed by atoms with E-state index < -0.39 is 4.92 Å². The standard InChI is InChI=1S/C8H5N3O3/c9-4-6-1-2-7(5-10-12)8(3-6)11(13)14/h1-3H,5H2. The predicted octanol–water partition coefficient (Wildman–Crippen LogP) is 1.73. The SMILES string of the molecule is N#Cc1ccc(CN=O)c([N+](=O)[O-])c1. The van der Waals surface area contributed by atoms with Gasteiger partial charge in [-0.1, -0.05) is 5.18 Å². The van der Waals surface area contributed by atoms with Crippen molar-refractivity contribution in [2.24, 2.45) is 5.18 Å². The molecule has 0 aliphatic heterocycles. The quantitative estimate of drug-likeness (QED) is 0.412. The van der Waals surface area contributed by atoms with Crippen molar-refractivity contribution in [1.29, 1.82) is 5.26 Å². The molecule has 0 aliphatic rings. The molecule has 1 aromatic carbocycles. The normalized spacial score (nSPS) is 9.07. The molecule has 0 fully saturated rings. The molecule has 0 bridgehead atoms. The number of benzene rings is 1. The zero-order valence-corrected chi connectivity index (χ0v) is 7.01. The van der Waals surface area contributed by atoms with Crippen molar-refractivity contribution in [2.75, 3.05) is 0 Å². The first-order valence-electron chi connectivity index (χ1n) is 3.65. The van der Waals surface area contributed by atoms with Gasteiger partial charge in [0.2, 0.25) is 0 Å². The average molecular weight is 191 g/mol. The smallest absolute Gasteiger partial charge is 0.258 e. The second-order valence-electron chi connectivity index (χ2n) is 2.50. The Bertz CT molecular complexity index is 422. The largest absolute Gasteiger partial charge is 0.275 e. The molecule has 1 rings (SSSR count). The van der Waals surface area contributed by atoms with Gasteiger partial charge in [-0.05, 0) is 12.1 Å².